The maximum Gasteiger partial charge on any atom is 0.275 e. The third-order valence-electron chi connectivity index (χ3n) is 4.57. The van der Waals surface area contributed by atoms with Crippen LogP contribution >= 0.6 is 0 Å². The Hall–Kier alpha value is -2.21. The number of amides is 1. The average Bonchev–Trinajstić information content (AvgIpc) is 2.59. The molecule has 0 bridgehead atoms. The molecule has 2 aromatic rings. The topological polar surface area (TPSA) is 78.1 Å². The van der Waals surface area contributed by atoms with Gasteiger partial charge >= 0.3 is 0 Å². The number of rotatable bonds is 5. The van der Waals surface area contributed by atoms with Crippen LogP contribution in [0.3, 0.4) is 0 Å². The molecule has 0 aliphatic carbocycles. The highest BCUT2D eigenvalue weighted by Gasteiger charge is 2.17. The van der Waals surface area contributed by atoms with E-state index in [0.29, 0.717) is 17.4 Å². The molecule has 0 spiro atoms. The first-order valence-electron chi connectivity index (χ1n) is 8.63. The summed E-state index contributed by atoms with van der Waals surface area (Å²) in [6, 6.07) is 7.06. The highest BCUT2D eigenvalue weighted by Crippen LogP contribution is 2.15. The van der Waals surface area contributed by atoms with Gasteiger partial charge in [0.25, 0.3) is 5.91 Å². The highest BCUT2D eigenvalue weighted by atomic mass is 16.2. The van der Waals surface area contributed by atoms with Crippen molar-refractivity contribution in [2.45, 2.75) is 26.2 Å². The van der Waals surface area contributed by atoms with Gasteiger partial charge in [-0.05, 0) is 50.4 Å². The molecule has 3 rings (SSSR count). The first kappa shape index (κ1) is 16.6. The lowest BCUT2D eigenvalue weighted by Crippen LogP contribution is -2.37. The third kappa shape index (κ3) is 3.82. The number of carbonyl (C=O) groups excluding carboxylic acids is 1. The number of likely N-dealkylation sites (tertiary alicyclic amines) is 1. The molecular formula is C18H24N4O2. The summed E-state index contributed by atoms with van der Waals surface area (Å²) in [5, 5.41) is 9.99. The van der Waals surface area contributed by atoms with E-state index in [2.05, 4.69) is 27.3 Å². The minimum Gasteiger partial charge on any atom is -0.350 e. The van der Waals surface area contributed by atoms with Gasteiger partial charge in [-0.3, -0.25) is 14.7 Å². The predicted molar refractivity (Wildman–Crippen MR) is 94.2 cm³/mol. The minimum atomic E-state index is -0.408. The summed E-state index contributed by atoms with van der Waals surface area (Å²) in [6.07, 6.45) is 3.44. The second-order valence-electron chi connectivity index (χ2n) is 6.60. The molecule has 0 saturated carbocycles. The summed E-state index contributed by atoms with van der Waals surface area (Å²) in [6.45, 7) is 6.10. The lowest BCUT2D eigenvalue weighted by Gasteiger charge is -2.30. The van der Waals surface area contributed by atoms with E-state index in [0.717, 1.165) is 32.0 Å². The molecule has 1 aliphatic rings. The molecule has 1 aromatic heterocycles. The third-order valence-corrected chi connectivity index (χ3v) is 4.57. The fourth-order valence-corrected chi connectivity index (χ4v) is 3.31. The monoisotopic (exact) mass is 328 g/mol. The molecule has 128 valence electrons. The van der Waals surface area contributed by atoms with Crippen LogP contribution in [0.5, 0.6) is 0 Å². The molecule has 0 unspecified atom stereocenters. The fraction of sp³-hybridized carbons (Fsp3) is 0.500. The van der Waals surface area contributed by atoms with Gasteiger partial charge in [-0.15, -0.1) is 0 Å². The SMILES string of the molecule is C[C@H]1CCCN(CCCNC(=O)c2n[nH]c3ccccc3c2=O)C1. The largest absolute Gasteiger partial charge is 0.350 e. The van der Waals surface area contributed by atoms with Crippen LogP contribution in [0.4, 0.5) is 0 Å². The Bertz CT molecular complexity index is 771. The van der Waals surface area contributed by atoms with Gasteiger partial charge in [-0.2, -0.15) is 5.10 Å². The number of nitrogens with zero attached hydrogens (tertiary/aromatic N) is 2. The molecule has 6 nitrogen and oxygen atoms in total. The summed E-state index contributed by atoms with van der Waals surface area (Å²) in [5.41, 5.74) is 0.241. The Morgan fingerprint density at radius 1 is 1.42 bits per heavy atom. The normalized spacial score (nSPS) is 18.6. The number of piperidine rings is 1. The molecular weight excluding hydrogens is 304 g/mol. The number of H-pyrrole nitrogens is 1. The molecule has 1 fully saturated rings. The zero-order valence-corrected chi connectivity index (χ0v) is 14.0. The molecule has 2 heterocycles. The summed E-state index contributed by atoms with van der Waals surface area (Å²) < 4.78 is 0. The average molecular weight is 328 g/mol. The molecule has 1 aromatic carbocycles. The molecule has 24 heavy (non-hydrogen) atoms. The Morgan fingerprint density at radius 2 is 2.25 bits per heavy atom. The quantitative estimate of drug-likeness (QED) is 0.820. The summed E-state index contributed by atoms with van der Waals surface area (Å²) in [4.78, 5) is 27.0. The van der Waals surface area contributed by atoms with E-state index in [1.54, 1.807) is 18.2 Å². The molecule has 2 N–H and O–H groups in total. The van der Waals surface area contributed by atoms with E-state index >= 15 is 0 Å². The number of hydrogen-bond acceptors (Lipinski definition) is 4. The van der Waals surface area contributed by atoms with Gasteiger partial charge in [0.1, 0.15) is 0 Å². The molecule has 1 atom stereocenters. The molecule has 6 heteroatoms. The van der Waals surface area contributed by atoms with Gasteiger partial charge in [-0.1, -0.05) is 19.1 Å². The number of benzene rings is 1. The number of fused-ring (bicyclic) bond motifs is 1. The first-order valence-corrected chi connectivity index (χ1v) is 8.63. The second-order valence-corrected chi connectivity index (χ2v) is 6.60. The number of nitrogens with one attached hydrogen (secondary N) is 2. The number of aromatic nitrogens is 2. The van der Waals surface area contributed by atoms with E-state index in [1.807, 2.05) is 6.07 Å². The van der Waals surface area contributed by atoms with E-state index < -0.39 is 5.91 Å². The van der Waals surface area contributed by atoms with E-state index in [-0.39, 0.29) is 11.1 Å². The minimum absolute atomic E-state index is 0.0692. The zero-order chi connectivity index (χ0) is 16.9. The fourth-order valence-electron chi connectivity index (χ4n) is 3.31. The van der Waals surface area contributed by atoms with Crippen LogP contribution in [0.25, 0.3) is 10.9 Å². The van der Waals surface area contributed by atoms with Crippen molar-refractivity contribution in [3.63, 3.8) is 0 Å². The molecule has 1 saturated heterocycles. The molecule has 1 amide bonds. The smallest absolute Gasteiger partial charge is 0.275 e. The van der Waals surface area contributed by atoms with Gasteiger partial charge in [0, 0.05) is 18.5 Å². The van der Waals surface area contributed by atoms with E-state index in [9.17, 15) is 9.59 Å². The van der Waals surface area contributed by atoms with Gasteiger partial charge in [-0.25, -0.2) is 0 Å². The van der Waals surface area contributed by atoms with Crippen LogP contribution in [-0.2, 0) is 0 Å². The van der Waals surface area contributed by atoms with Crippen molar-refractivity contribution in [2.75, 3.05) is 26.2 Å². The van der Waals surface area contributed by atoms with Crippen molar-refractivity contribution in [1.82, 2.24) is 20.4 Å². The van der Waals surface area contributed by atoms with Crippen LogP contribution in [-0.4, -0.2) is 47.2 Å². The molecule has 0 radical (unpaired) electrons. The number of carbonyl (C=O) groups is 1. The first-order chi connectivity index (χ1) is 11.6. The summed E-state index contributed by atoms with van der Waals surface area (Å²) >= 11 is 0. The van der Waals surface area contributed by atoms with Crippen molar-refractivity contribution < 1.29 is 4.79 Å². The van der Waals surface area contributed by atoms with Crippen LogP contribution in [0.15, 0.2) is 29.1 Å². The number of hydrogen-bond donors (Lipinski definition) is 2. The van der Waals surface area contributed by atoms with Gasteiger partial charge in [0.2, 0.25) is 5.43 Å². The van der Waals surface area contributed by atoms with Crippen molar-refractivity contribution >= 4 is 16.8 Å². The van der Waals surface area contributed by atoms with Crippen LogP contribution < -0.4 is 10.7 Å². The maximum atomic E-state index is 12.3. The lowest BCUT2D eigenvalue weighted by molar-refractivity contribution is 0.0943. The van der Waals surface area contributed by atoms with Crippen molar-refractivity contribution in [3.05, 3.63) is 40.2 Å². The number of para-hydroxylation sites is 1. The van der Waals surface area contributed by atoms with E-state index in [1.165, 1.54) is 12.8 Å². The highest BCUT2D eigenvalue weighted by molar-refractivity contribution is 5.95. The summed E-state index contributed by atoms with van der Waals surface area (Å²) in [5.74, 6) is 0.350. The lowest BCUT2D eigenvalue weighted by atomic mass is 10.0. The van der Waals surface area contributed by atoms with Crippen molar-refractivity contribution in [1.29, 1.82) is 0 Å². The maximum absolute atomic E-state index is 12.3. The summed E-state index contributed by atoms with van der Waals surface area (Å²) in [7, 11) is 0. The van der Waals surface area contributed by atoms with E-state index in [4.69, 9.17) is 0 Å². The second kappa shape index (κ2) is 7.57. The van der Waals surface area contributed by atoms with Gasteiger partial charge < -0.3 is 10.2 Å². The Kier molecular flexibility index (Phi) is 5.25. The van der Waals surface area contributed by atoms with Crippen LogP contribution in [0.1, 0.15) is 36.7 Å². The molecule has 1 aliphatic heterocycles. The van der Waals surface area contributed by atoms with Crippen LogP contribution in [0, 0.1) is 5.92 Å². The van der Waals surface area contributed by atoms with Crippen LogP contribution in [0.2, 0.25) is 0 Å². The van der Waals surface area contributed by atoms with Gasteiger partial charge in [0.15, 0.2) is 5.69 Å². The Balaban J connectivity index is 1.54. The van der Waals surface area contributed by atoms with Crippen molar-refractivity contribution in [3.8, 4) is 0 Å². The number of aromatic amines is 1. The zero-order valence-electron chi connectivity index (χ0n) is 14.0. The van der Waals surface area contributed by atoms with Gasteiger partial charge in [0.05, 0.1) is 5.52 Å². The predicted octanol–water partition coefficient (Wildman–Crippen LogP) is 1.77. The Labute approximate surface area is 141 Å². The van der Waals surface area contributed by atoms with Crippen molar-refractivity contribution in [2.24, 2.45) is 5.92 Å². The standard InChI is InChI=1S/C18H24N4O2/c1-13-6-4-10-22(12-13)11-5-9-19-18(24)16-17(23)14-7-2-3-8-15(14)20-21-16/h2-3,7-8,13H,4-6,9-12H2,1H3,(H,19,24)(H,20,23)/t13-/m0/s1. The Morgan fingerprint density at radius 3 is 3.08 bits per heavy atom.